The third kappa shape index (κ3) is 5.70. The second kappa shape index (κ2) is 9.38. The second-order valence-corrected chi connectivity index (χ2v) is 7.97. The minimum atomic E-state index is -3.71. The van der Waals surface area contributed by atoms with Gasteiger partial charge >= 0.3 is 0 Å². The van der Waals surface area contributed by atoms with Gasteiger partial charge in [-0.1, -0.05) is 29.8 Å². The number of nitrogens with one attached hydrogen (secondary N) is 1. The highest BCUT2D eigenvalue weighted by atomic mass is 32.2. The van der Waals surface area contributed by atoms with Gasteiger partial charge in [0, 0.05) is 7.05 Å². The fourth-order valence-electron chi connectivity index (χ4n) is 2.32. The lowest BCUT2D eigenvalue weighted by atomic mass is 10.2. The molecule has 146 valence electrons. The minimum Gasteiger partial charge on any atom is -0.493 e. The maximum absolute atomic E-state index is 12.5. The van der Waals surface area contributed by atoms with E-state index in [2.05, 4.69) is 5.32 Å². The molecule has 2 rings (SSSR count). The van der Waals surface area contributed by atoms with Crippen LogP contribution < -0.4 is 14.8 Å². The lowest BCUT2D eigenvalue weighted by molar-refractivity contribution is -0.121. The number of methoxy groups -OCH3 is 1. The lowest BCUT2D eigenvalue weighted by Gasteiger charge is -2.17. The number of hydrogen-bond acceptors (Lipinski definition) is 5. The van der Waals surface area contributed by atoms with Gasteiger partial charge in [-0.2, -0.15) is 4.31 Å². The zero-order valence-electron chi connectivity index (χ0n) is 15.6. The van der Waals surface area contributed by atoms with Gasteiger partial charge in [0.05, 0.1) is 25.1 Å². The van der Waals surface area contributed by atoms with Crippen molar-refractivity contribution in [2.75, 3.05) is 33.9 Å². The SMILES string of the molecule is COc1ccccc1OCCNC(=O)CN(C)S(=O)(=O)c1ccc(C)cc1. The van der Waals surface area contributed by atoms with Gasteiger partial charge in [0.25, 0.3) is 0 Å². The average Bonchev–Trinajstić information content (AvgIpc) is 2.65. The van der Waals surface area contributed by atoms with Crippen LogP contribution in [0.3, 0.4) is 0 Å². The molecule has 7 nitrogen and oxygen atoms in total. The molecule has 0 fully saturated rings. The molecule has 0 heterocycles. The number of sulfonamides is 1. The van der Waals surface area contributed by atoms with Gasteiger partial charge in [-0.3, -0.25) is 4.79 Å². The Balaban J connectivity index is 1.82. The highest BCUT2D eigenvalue weighted by Gasteiger charge is 2.22. The molecule has 0 aliphatic rings. The van der Waals surface area contributed by atoms with Crippen LogP contribution in [0.25, 0.3) is 0 Å². The lowest BCUT2D eigenvalue weighted by Crippen LogP contribution is -2.39. The standard InChI is InChI=1S/C19H24N2O5S/c1-15-8-10-16(11-9-15)27(23,24)21(2)14-19(22)20-12-13-26-18-7-5-4-6-17(18)25-3/h4-11H,12-14H2,1-3H3,(H,20,22). The first-order valence-corrected chi connectivity index (χ1v) is 9.84. The van der Waals surface area contributed by atoms with E-state index in [1.54, 1.807) is 31.4 Å². The minimum absolute atomic E-state index is 0.155. The Labute approximate surface area is 160 Å². The molecule has 0 atom stereocenters. The van der Waals surface area contributed by atoms with Crippen LogP contribution in [0.1, 0.15) is 5.56 Å². The largest absolute Gasteiger partial charge is 0.493 e. The van der Waals surface area contributed by atoms with Crippen molar-refractivity contribution >= 4 is 15.9 Å². The number of likely N-dealkylation sites (N-methyl/N-ethyl adjacent to an activating group) is 1. The van der Waals surface area contributed by atoms with Crippen LogP contribution >= 0.6 is 0 Å². The van der Waals surface area contributed by atoms with Gasteiger partial charge in [0.1, 0.15) is 6.61 Å². The quantitative estimate of drug-likeness (QED) is 0.658. The van der Waals surface area contributed by atoms with E-state index in [-0.39, 0.29) is 24.6 Å². The summed E-state index contributed by atoms with van der Waals surface area (Å²) < 4.78 is 36.7. The van der Waals surface area contributed by atoms with E-state index in [4.69, 9.17) is 9.47 Å². The van der Waals surface area contributed by atoms with Crippen LogP contribution in [0.2, 0.25) is 0 Å². The van der Waals surface area contributed by atoms with Crippen LogP contribution in [0.5, 0.6) is 11.5 Å². The highest BCUT2D eigenvalue weighted by Crippen LogP contribution is 2.25. The Morgan fingerprint density at radius 3 is 2.33 bits per heavy atom. The predicted octanol–water partition coefficient (Wildman–Crippen LogP) is 1.82. The van der Waals surface area contributed by atoms with E-state index in [9.17, 15) is 13.2 Å². The molecule has 0 saturated carbocycles. The summed E-state index contributed by atoms with van der Waals surface area (Å²) in [7, 11) is -0.784. The summed E-state index contributed by atoms with van der Waals surface area (Å²) in [5.41, 5.74) is 0.962. The molecule has 1 amide bonds. The molecule has 2 aromatic rings. The van der Waals surface area contributed by atoms with Gasteiger partial charge < -0.3 is 14.8 Å². The van der Waals surface area contributed by atoms with Crippen LogP contribution in [0, 0.1) is 6.92 Å². The summed E-state index contributed by atoms with van der Waals surface area (Å²) in [5, 5.41) is 2.64. The first kappa shape index (κ1) is 20.7. The van der Waals surface area contributed by atoms with Crippen molar-refractivity contribution < 1.29 is 22.7 Å². The zero-order chi connectivity index (χ0) is 19.9. The Morgan fingerprint density at radius 2 is 1.70 bits per heavy atom. The molecule has 8 heteroatoms. The van der Waals surface area contributed by atoms with E-state index in [0.717, 1.165) is 9.87 Å². The van der Waals surface area contributed by atoms with E-state index in [1.807, 2.05) is 19.1 Å². The third-order valence-corrected chi connectivity index (χ3v) is 5.66. The maximum Gasteiger partial charge on any atom is 0.243 e. The van der Waals surface area contributed by atoms with Crippen molar-refractivity contribution in [3.8, 4) is 11.5 Å². The number of carbonyl (C=O) groups excluding carboxylic acids is 1. The van der Waals surface area contributed by atoms with E-state index in [1.165, 1.54) is 19.2 Å². The Hall–Kier alpha value is -2.58. The second-order valence-electron chi connectivity index (χ2n) is 5.92. The number of nitrogens with zero attached hydrogens (tertiary/aromatic N) is 1. The molecule has 27 heavy (non-hydrogen) atoms. The zero-order valence-corrected chi connectivity index (χ0v) is 16.5. The molecule has 0 unspecified atom stereocenters. The van der Waals surface area contributed by atoms with Crippen molar-refractivity contribution in [2.24, 2.45) is 0 Å². The molecule has 0 aromatic heterocycles. The smallest absolute Gasteiger partial charge is 0.243 e. The van der Waals surface area contributed by atoms with Crippen LogP contribution in [0.15, 0.2) is 53.4 Å². The first-order chi connectivity index (χ1) is 12.8. The van der Waals surface area contributed by atoms with Crippen molar-refractivity contribution in [3.63, 3.8) is 0 Å². The number of rotatable bonds is 9. The number of ether oxygens (including phenoxy) is 2. The summed E-state index contributed by atoms with van der Waals surface area (Å²) in [6.45, 7) is 2.08. The molecule has 0 saturated heterocycles. The molecular formula is C19H24N2O5S. The summed E-state index contributed by atoms with van der Waals surface area (Å²) in [6, 6.07) is 13.7. The first-order valence-electron chi connectivity index (χ1n) is 8.40. The fourth-order valence-corrected chi connectivity index (χ4v) is 3.45. The van der Waals surface area contributed by atoms with Gasteiger partial charge in [0.2, 0.25) is 15.9 Å². The summed E-state index contributed by atoms with van der Waals surface area (Å²) >= 11 is 0. The number of benzene rings is 2. The molecule has 2 aromatic carbocycles. The molecule has 1 N–H and O–H groups in total. The Bertz CT molecular complexity index is 866. The predicted molar refractivity (Wildman–Crippen MR) is 102 cm³/mol. The van der Waals surface area contributed by atoms with Crippen LogP contribution in [-0.2, 0) is 14.8 Å². The highest BCUT2D eigenvalue weighted by molar-refractivity contribution is 7.89. The molecule has 0 aliphatic heterocycles. The Kier molecular flexibility index (Phi) is 7.20. The summed E-state index contributed by atoms with van der Waals surface area (Å²) in [4.78, 5) is 12.2. The number of aryl methyl sites for hydroxylation is 1. The molecular weight excluding hydrogens is 368 g/mol. The monoisotopic (exact) mass is 392 g/mol. The van der Waals surface area contributed by atoms with Crippen molar-refractivity contribution in [3.05, 3.63) is 54.1 Å². The van der Waals surface area contributed by atoms with Crippen molar-refractivity contribution in [1.29, 1.82) is 0 Å². The van der Waals surface area contributed by atoms with Crippen LogP contribution in [-0.4, -0.2) is 52.5 Å². The van der Waals surface area contributed by atoms with E-state index >= 15 is 0 Å². The molecule has 0 aliphatic carbocycles. The van der Waals surface area contributed by atoms with Gasteiger partial charge in [-0.25, -0.2) is 8.42 Å². The van der Waals surface area contributed by atoms with Gasteiger partial charge in [-0.15, -0.1) is 0 Å². The van der Waals surface area contributed by atoms with Crippen LogP contribution in [0.4, 0.5) is 0 Å². The van der Waals surface area contributed by atoms with Gasteiger partial charge in [0.15, 0.2) is 11.5 Å². The summed E-state index contributed by atoms with van der Waals surface area (Å²) in [5.74, 6) is 0.776. The topological polar surface area (TPSA) is 84.9 Å². The molecule has 0 radical (unpaired) electrons. The summed E-state index contributed by atoms with van der Waals surface area (Å²) in [6.07, 6.45) is 0. The van der Waals surface area contributed by atoms with Crippen molar-refractivity contribution in [2.45, 2.75) is 11.8 Å². The number of para-hydroxylation sites is 2. The van der Waals surface area contributed by atoms with E-state index < -0.39 is 15.9 Å². The number of hydrogen-bond donors (Lipinski definition) is 1. The van der Waals surface area contributed by atoms with Crippen molar-refractivity contribution in [1.82, 2.24) is 9.62 Å². The normalized spacial score (nSPS) is 11.3. The number of carbonyl (C=O) groups is 1. The maximum atomic E-state index is 12.5. The number of amides is 1. The molecule has 0 bridgehead atoms. The van der Waals surface area contributed by atoms with E-state index in [0.29, 0.717) is 11.5 Å². The van der Waals surface area contributed by atoms with Gasteiger partial charge in [-0.05, 0) is 31.2 Å². The fraction of sp³-hybridized carbons (Fsp3) is 0.316. The molecule has 0 spiro atoms. The Morgan fingerprint density at radius 1 is 1.07 bits per heavy atom. The third-order valence-electron chi connectivity index (χ3n) is 3.85. The average molecular weight is 392 g/mol.